The minimum Gasteiger partial charge on any atom is -0.399 e. The van der Waals surface area contributed by atoms with Crippen LogP contribution < -0.4 is 11.1 Å². The Labute approximate surface area is 169 Å². The summed E-state index contributed by atoms with van der Waals surface area (Å²) in [6.45, 7) is 4.35. The number of benzene rings is 2. The highest BCUT2D eigenvalue weighted by atomic mass is 35.5. The van der Waals surface area contributed by atoms with Crippen LogP contribution in [0.2, 0.25) is 0 Å². The van der Waals surface area contributed by atoms with Gasteiger partial charge in [-0.05, 0) is 42.3 Å². The lowest BCUT2D eigenvalue weighted by Crippen LogP contribution is -2.27. The molecule has 1 amide bonds. The molecule has 0 aliphatic rings. The van der Waals surface area contributed by atoms with Crippen LogP contribution in [0.1, 0.15) is 41.8 Å². The van der Waals surface area contributed by atoms with Gasteiger partial charge in [-0.3, -0.25) is 4.79 Å². The van der Waals surface area contributed by atoms with Gasteiger partial charge in [0, 0.05) is 18.2 Å². The quantitative estimate of drug-likeness (QED) is 0.617. The van der Waals surface area contributed by atoms with Crippen molar-refractivity contribution in [3.63, 3.8) is 0 Å². The summed E-state index contributed by atoms with van der Waals surface area (Å²) in [5.41, 5.74) is 7.98. The molecule has 3 rings (SSSR count). The molecule has 0 fully saturated rings. The first kappa shape index (κ1) is 21.4. The lowest BCUT2D eigenvalue weighted by atomic mass is 10.1. The summed E-state index contributed by atoms with van der Waals surface area (Å²) in [4.78, 5) is 16.8. The summed E-state index contributed by atoms with van der Waals surface area (Å²) >= 11 is 0. The minimum absolute atomic E-state index is 0. The average molecular weight is 404 g/mol. The maximum atomic E-state index is 13.6. The number of nitrogens with zero attached hydrogens (tertiary/aromatic N) is 3. The fourth-order valence-corrected chi connectivity index (χ4v) is 2.68. The summed E-state index contributed by atoms with van der Waals surface area (Å²) in [5.74, 6) is -0.0312. The van der Waals surface area contributed by atoms with Crippen LogP contribution in [0.3, 0.4) is 0 Å². The fraction of sp³-hybridized carbons (Fsp3) is 0.250. The Morgan fingerprint density at radius 1 is 1.21 bits per heavy atom. The van der Waals surface area contributed by atoms with Crippen molar-refractivity contribution < 1.29 is 9.18 Å². The number of carbonyl (C=O) groups is 1. The number of halogens is 2. The van der Waals surface area contributed by atoms with Crippen LogP contribution in [-0.4, -0.2) is 27.2 Å². The molecule has 0 atom stereocenters. The molecule has 0 saturated heterocycles. The second-order valence-electron chi connectivity index (χ2n) is 6.59. The van der Waals surface area contributed by atoms with Gasteiger partial charge in [0.2, 0.25) is 5.82 Å². The van der Waals surface area contributed by atoms with Crippen molar-refractivity contribution in [1.29, 1.82) is 0 Å². The Morgan fingerprint density at radius 2 is 1.93 bits per heavy atom. The molecule has 3 aromatic rings. The molecule has 0 saturated carbocycles. The van der Waals surface area contributed by atoms with Crippen molar-refractivity contribution >= 4 is 24.0 Å². The number of anilines is 1. The van der Waals surface area contributed by atoms with Crippen molar-refractivity contribution in [2.45, 2.75) is 26.2 Å². The molecule has 0 aliphatic heterocycles. The average Bonchev–Trinajstić information content (AvgIpc) is 3.09. The summed E-state index contributed by atoms with van der Waals surface area (Å²) in [5, 5.41) is 7.11. The molecule has 0 radical (unpaired) electrons. The van der Waals surface area contributed by atoms with Crippen LogP contribution in [0.25, 0.3) is 5.69 Å². The lowest BCUT2D eigenvalue weighted by Gasteiger charge is -2.07. The second kappa shape index (κ2) is 9.32. The molecular formula is C20H23ClFN5O. The molecule has 1 heterocycles. The van der Waals surface area contributed by atoms with Crippen LogP contribution in [0.15, 0.2) is 48.5 Å². The zero-order valence-electron chi connectivity index (χ0n) is 15.7. The molecule has 148 valence electrons. The number of amides is 1. The first-order valence-electron chi connectivity index (χ1n) is 8.79. The zero-order chi connectivity index (χ0) is 19.4. The largest absolute Gasteiger partial charge is 0.399 e. The van der Waals surface area contributed by atoms with Crippen molar-refractivity contribution in [2.75, 3.05) is 12.3 Å². The smallest absolute Gasteiger partial charge is 0.290 e. The molecular weight excluding hydrogens is 381 g/mol. The number of nitrogen functional groups attached to an aromatic ring is 1. The highest BCUT2D eigenvalue weighted by Gasteiger charge is 2.19. The van der Waals surface area contributed by atoms with Crippen molar-refractivity contribution in [3.8, 4) is 5.69 Å². The molecule has 1 aromatic heterocycles. The van der Waals surface area contributed by atoms with E-state index in [0.29, 0.717) is 30.2 Å². The van der Waals surface area contributed by atoms with Crippen LogP contribution in [0, 0.1) is 5.82 Å². The van der Waals surface area contributed by atoms with Gasteiger partial charge in [-0.1, -0.05) is 32.0 Å². The molecule has 0 aliphatic carbocycles. The first-order chi connectivity index (χ1) is 12.9. The van der Waals surface area contributed by atoms with E-state index >= 15 is 0 Å². The first-order valence-corrected chi connectivity index (χ1v) is 8.79. The number of carbonyl (C=O) groups excluding carboxylic acids is 1. The molecule has 0 unspecified atom stereocenters. The van der Waals surface area contributed by atoms with E-state index in [4.69, 9.17) is 5.73 Å². The number of aromatic nitrogens is 3. The molecule has 0 spiro atoms. The molecule has 8 heteroatoms. The van der Waals surface area contributed by atoms with E-state index in [2.05, 4.69) is 15.4 Å². The number of hydrogen-bond acceptors (Lipinski definition) is 4. The van der Waals surface area contributed by atoms with E-state index in [1.165, 1.54) is 16.8 Å². The van der Waals surface area contributed by atoms with Crippen LogP contribution in [0.4, 0.5) is 10.1 Å². The number of hydrogen-bond donors (Lipinski definition) is 2. The predicted molar refractivity (Wildman–Crippen MR) is 110 cm³/mol. The van der Waals surface area contributed by atoms with Crippen molar-refractivity contribution in [3.05, 3.63) is 71.6 Å². The van der Waals surface area contributed by atoms with E-state index in [0.717, 1.165) is 5.56 Å². The van der Waals surface area contributed by atoms with Gasteiger partial charge in [0.1, 0.15) is 11.6 Å². The normalized spacial score (nSPS) is 10.6. The fourth-order valence-electron chi connectivity index (χ4n) is 2.68. The third kappa shape index (κ3) is 5.07. The van der Waals surface area contributed by atoms with Crippen LogP contribution in [-0.2, 0) is 6.42 Å². The topological polar surface area (TPSA) is 85.8 Å². The van der Waals surface area contributed by atoms with E-state index in [-0.39, 0.29) is 35.9 Å². The number of nitrogens with two attached hydrogens (primary N) is 1. The maximum absolute atomic E-state index is 13.6. The van der Waals surface area contributed by atoms with Gasteiger partial charge < -0.3 is 11.1 Å². The van der Waals surface area contributed by atoms with Gasteiger partial charge in [-0.25, -0.2) is 14.1 Å². The highest BCUT2D eigenvalue weighted by Crippen LogP contribution is 2.18. The lowest BCUT2D eigenvalue weighted by molar-refractivity contribution is 0.0944. The van der Waals surface area contributed by atoms with E-state index < -0.39 is 0 Å². The monoisotopic (exact) mass is 403 g/mol. The number of rotatable bonds is 6. The Hall–Kier alpha value is -2.93. The molecule has 28 heavy (non-hydrogen) atoms. The van der Waals surface area contributed by atoms with Gasteiger partial charge in [-0.15, -0.1) is 17.5 Å². The number of nitrogens with one attached hydrogen (secondary N) is 1. The third-order valence-electron chi connectivity index (χ3n) is 4.08. The van der Waals surface area contributed by atoms with E-state index in [1.54, 1.807) is 12.1 Å². The molecule has 6 nitrogen and oxygen atoms in total. The highest BCUT2D eigenvalue weighted by molar-refractivity contribution is 5.90. The van der Waals surface area contributed by atoms with Gasteiger partial charge >= 0.3 is 0 Å². The Balaban J connectivity index is 0.00000280. The standard InChI is InChI=1S/C20H22FN5O.ClH/c1-13(2)19-24-18(25-26(19)17-5-3-4-15(21)12-17)20(27)23-11-10-14-6-8-16(22)9-7-14;/h3-9,12-13H,10-11,22H2,1-2H3,(H,23,27);1H. The minimum atomic E-state index is -0.368. The SMILES string of the molecule is CC(C)c1nc(C(=O)NCCc2ccc(N)cc2)nn1-c1cccc(F)c1.Cl. The van der Waals surface area contributed by atoms with Crippen molar-refractivity contribution in [1.82, 2.24) is 20.1 Å². The molecule has 3 N–H and O–H groups in total. The van der Waals surface area contributed by atoms with Gasteiger partial charge in [-0.2, -0.15) is 0 Å². The summed E-state index contributed by atoms with van der Waals surface area (Å²) < 4.78 is 15.1. The Kier molecular flexibility index (Phi) is 7.12. The molecule has 2 aromatic carbocycles. The van der Waals surface area contributed by atoms with Gasteiger partial charge in [0.25, 0.3) is 5.91 Å². The van der Waals surface area contributed by atoms with Crippen LogP contribution >= 0.6 is 12.4 Å². The van der Waals surface area contributed by atoms with Crippen molar-refractivity contribution in [2.24, 2.45) is 0 Å². The van der Waals surface area contributed by atoms with Crippen LogP contribution in [0.5, 0.6) is 0 Å². The molecule has 0 bridgehead atoms. The Morgan fingerprint density at radius 3 is 2.57 bits per heavy atom. The van der Waals surface area contributed by atoms with E-state index in [1.807, 2.05) is 38.1 Å². The third-order valence-corrected chi connectivity index (χ3v) is 4.08. The van der Waals surface area contributed by atoms with Gasteiger partial charge in [0.15, 0.2) is 0 Å². The maximum Gasteiger partial charge on any atom is 0.290 e. The second-order valence-corrected chi connectivity index (χ2v) is 6.59. The summed E-state index contributed by atoms with van der Waals surface area (Å²) in [6, 6.07) is 13.6. The Bertz CT molecular complexity index is 940. The predicted octanol–water partition coefficient (Wildman–Crippen LogP) is 3.51. The zero-order valence-corrected chi connectivity index (χ0v) is 16.5. The van der Waals surface area contributed by atoms with Gasteiger partial charge in [0.05, 0.1) is 5.69 Å². The summed E-state index contributed by atoms with van der Waals surface area (Å²) in [7, 11) is 0. The summed E-state index contributed by atoms with van der Waals surface area (Å²) in [6.07, 6.45) is 0.674. The van der Waals surface area contributed by atoms with E-state index in [9.17, 15) is 9.18 Å².